The minimum absolute atomic E-state index is 0. The third-order valence-electron chi connectivity index (χ3n) is 24.6. The number of aromatic nitrogens is 4. The third kappa shape index (κ3) is 16.5. The molecule has 0 unspecified atom stereocenters. The van der Waals surface area contributed by atoms with Crippen LogP contribution in [0.2, 0.25) is 0 Å². The minimum atomic E-state index is 0. The Kier molecular flexibility index (Phi) is 32.8. The van der Waals surface area contributed by atoms with Gasteiger partial charge in [-0.1, -0.05) is 140 Å². The van der Waals surface area contributed by atoms with E-state index < -0.39 is 0 Å². The average Bonchev–Trinajstić information content (AvgIpc) is 0.740. The van der Waals surface area contributed by atoms with Crippen LogP contribution in [0, 0.1) is 306 Å². The van der Waals surface area contributed by atoms with E-state index in [0.29, 0.717) is 0 Å². The predicted octanol–water partition coefficient (Wildman–Crippen LogP) is 28.0. The second-order valence-electron chi connectivity index (χ2n) is 28.7. The summed E-state index contributed by atoms with van der Waals surface area (Å²) in [4.78, 5) is 20.0. The van der Waals surface area contributed by atoms with Gasteiger partial charge in [0.05, 0.1) is 0 Å². The van der Waals surface area contributed by atoms with E-state index >= 15 is 0 Å². The number of benzene rings is 6. The number of rotatable bonds is 4. The van der Waals surface area contributed by atoms with E-state index in [1.54, 1.807) is 0 Å². The van der Waals surface area contributed by atoms with Gasteiger partial charge in [-0.2, -0.15) is 37.5 Å². The SMILES string of the molecule is Cc1[c-]c(-c2nc(C)c(C)c3c(C)c(C)c(C)c(C)c23)c(C)c(C)c1C.[2HH].[2HH].[2HH].[2HH].[2H][2H].[2H][2H].[CH2-]c1c(C)c(C)c(C)c(C)c1-c1nc(C)c(C)c(C)c1C.[CH2-]c1c(C)c(C)c(C)c(C)c1-c1nc(C)c(C)c(C)c1C.[CH2-]c1c(C)c(C)c(C)c(C)c1-c1nc(C)c(C)c2c(C)c(C)c(C)c(C)c12.[CH3-].[CH3-].[CH3-].[CH3-].[Ir+3].[Ir+3].[Ir]. The standard InChI is InChI=1S/C26H32N.C25H30N.2C20H26N.4CH3.3Ir.6H2/c1-12-13(2)18(7)24(19(8)14(12)3)26-25-20(9)16(5)15(4)17(6)23(25)21(10)22(11)27-26;1-12-11-22(17(6)14(3)13(12)2)25-24-19(8)16(5)15(4)18(7)23(24)20(9)21(10)26-25;2*1-10-11(2)15(6)19(16(7)12(10)3)20-17(8)13(4)14(5)18(9)21-20;;;;;;;;;;;;;/h7H2,1-6,8-11H3;1-10H3;2*6H2,1-5,7-9H3;4*1H3;;;;6*1H/q8*-1;;2*+3;;;;;;/i;;;;;;;;;;;2*1+1D;4*1+1. The van der Waals surface area contributed by atoms with Crippen molar-refractivity contribution in [3.05, 3.63) is 274 Å². The maximum atomic E-state index is 5.14. The van der Waals surface area contributed by atoms with Crippen LogP contribution in [-0.2, 0) is 60.3 Å². The number of aryl methyl sites for hydroxylation is 11. The van der Waals surface area contributed by atoms with Crippen molar-refractivity contribution >= 4 is 21.5 Å². The van der Waals surface area contributed by atoms with Gasteiger partial charge in [-0.05, 0) is 276 Å². The van der Waals surface area contributed by atoms with Crippen molar-refractivity contribution in [3.63, 3.8) is 0 Å². The Balaban J connectivity index is -0.000000246. The molecule has 0 atom stereocenters. The van der Waals surface area contributed by atoms with Crippen LogP contribution in [-0.4, -0.2) is 19.9 Å². The molecule has 0 bridgehead atoms. The molecule has 4 heterocycles. The summed E-state index contributed by atoms with van der Waals surface area (Å²) < 4.78 is 20.0. The van der Waals surface area contributed by atoms with E-state index in [-0.39, 0.29) is 95.7 Å². The molecule has 0 fully saturated rings. The predicted molar refractivity (Wildman–Crippen MR) is 455 cm³/mol. The maximum Gasteiger partial charge on any atom is 3.00 e. The van der Waals surface area contributed by atoms with Gasteiger partial charge in [-0.3, -0.25) is 15.0 Å². The smallest absolute Gasteiger partial charge is 0.358 e. The molecule has 0 amide bonds. The molecule has 0 saturated carbocycles. The van der Waals surface area contributed by atoms with Crippen molar-refractivity contribution in [3.8, 4) is 45.0 Å². The molecule has 0 saturated heterocycles. The summed E-state index contributed by atoms with van der Waals surface area (Å²) >= 11 is 0. The molecule has 0 aliphatic rings. The quantitative estimate of drug-likeness (QED) is 0.165. The largest absolute Gasteiger partial charge is 3.00 e. The second-order valence-corrected chi connectivity index (χ2v) is 28.7. The maximum absolute atomic E-state index is 5.14. The Hall–Kier alpha value is -6.00. The van der Waals surface area contributed by atoms with Crippen LogP contribution in [0.15, 0.2) is 0 Å². The monoisotopic (exact) mass is 1920 g/mol. The summed E-state index contributed by atoms with van der Waals surface area (Å²) in [7, 11) is 0. The van der Waals surface area contributed by atoms with Gasteiger partial charge in [-0.25, -0.2) is 0 Å². The molecular formula is C95H138Ir3N4-2. The zero-order valence-corrected chi connectivity index (χ0v) is 78.1. The molecule has 0 N–H and O–H groups in total. The first-order valence-corrected chi connectivity index (χ1v) is 34.3. The normalized spacial score (nSPS) is 10.7. The summed E-state index contributed by atoms with van der Waals surface area (Å²) in [6.07, 6.45) is 0. The van der Waals surface area contributed by atoms with Gasteiger partial charge in [0.1, 0.15) is 0 Å². The molecule has 4 nitrogen and oxygen atoms in total. The van der Waals surface area contributed by atoms with E-state index in [9.17, 15) is 0 Å². The zero-order chi connectivity index (χ0) is 76.0. The van der Waals surface area contributed by atoms with Gasteiger partial charge in [0.2, 0.25) is 0 Å². The van der Waals surface area contributed by atoms with Gasteiger partial charge in [0.15, 0.2) is 0 Å². The second kappa shape index (κ2) is 36.3. The Morgan fingerprint density at radius 2 is 0.422 bits per heavy atom. The number of pyridine rings is 4. The molecular weight excluding hydrogens is 1770 g/mol. The summed E-state index contributed by atoms with van der Waals surface area (Å²) in [5, 5.41) is 5.34. The molecule has 4 aromatic heterocycles. The van der Waals surface area contributed by atoms with E-state index in [4.69, 9.17) is 25.9 Å². The van der Waals surface area contributed by atoms with E-state index in [0.717, 1.165) is 67.8 Å². The van der Waals surface area contributed by atoms with Crippen molar-refractivity contribution in [1.29, 1.82) is 0 Å². The van der Waals surface area contributed by atoms with Crippen molar-refractivity contribution in [2.75, 3.05) is 0 Å². The minimum Gasteiger partial charge on any atom is -0.358 e. The van der Waals surface area contributed by atoms with Crippen LogP contribution in [0.25, 0.3) is 66.6 Å². The van der Waals surface area contributed by atoms with Gasteiger partial charge in [-0.15, -0.1) is 67.3 Å². The van der Waals surface area contributed by atoms with Crippen LogP contribution in [0.4, 0.5) is 0 Å². The number of fused-ring (bicyclic) bond motifs is 2. The first kappa shape index (κ1) is 92.1. The summed E-state index contributed by atoms with van der Waals surface area (Å²) in [5.74, 6) is 0. The Morgan fingerprint density at radius 3 is 0.725 bits per heavy atom. The first-order valence-electron chi connectivity index (χ1n) is 36.3. The average molecular weight is 1920 g/mol. The van der Waals surface area contributed by atoms with Crippen LogP contribution in [0.5, 0.6) is 0 Å². The number of hydrogen-bond donors (Lipinski definition) is 0. The van der Waals surface area contributed by atoms with Crippen LogP contribution >= 0.6 is 0 Å². The van der Waals surface area contributed by atoms with Gasteiger partial charge in [0.25, 0.3) is 0 Å². The zero-order valence-electron chi connectivity index (χ0n) is 74.9. The molecule has 0 aliphatic carbocycles. The van der Waals surface area contributed by atoms with Gasteiger partial charge in [0, 0.05) is 71.6 Å². The van der Waals surface area contributed by atoms with E-state index in [1.807, 2.05) is 0 Å². The topological polar surface area (TPSA) is 51.6 Å². The summed E-state index contributed by atoms with van der Waals surface area (Å²) in [6.45, 7) is 92.1. The van der Waals surface area contributed by atoms with E-state index in [1.165, 1.54) is 216 Å². The molecule has 0 aliphatic heterocycles. The first-order chi connectivity index (χ1) is 45.9. The molecule has 7 heteroatoms. The van der Waals surface area contributed by atoms with Crippen molar-refractivity contribution in [2.45, 2.75) is 249 Å². The van der Waals surface area contributed by atoms with Crippen molar-refractivity contribution < 1.29 is 72.0 Å². The van der Waals surface area contributed by atoms with Crippen molar-refractivity contribution in [1.82, 2.24) is 19.9 Å². The Bertz CT molecular complexity index is 4720. The summed E-state index contributed by atoms with van der Waals surface area (Å²) in [5.41, 5.74) is 59.4. The van der Waals surface area contributed by atoms with Crippen LogP contribution in [0.1, 0.15) is 229 Å². The molecule has 0 spiro atoms. The van der Waals surface area contributed by atoms with Gasteiger partial charge >= 0.3 is 40.2 Å². The fourth-order valence-electron chi connectivity index (χ4n) is 14.6. The molecule has 6 aromatic carbocycles. The molecule has 1 radical (unpaired) electrons. The molecule has 10 rings (SSSR count). The Morgan fingerprint density at radius 1 is 0.216 bits per heavy atom. The van der Waals surface area contributed by atoms with Crippen LogP contribution in [0.3, 0.4) is 0 Å². The Labute approximate surface area is 676 Å². The molecule has 10 aromatic rings. The number of nitrogens with zero attached hydrogens (tertiary/aromatic N) is 4. The fraction of sp³-hybridized carbons (Fsp3) is 0.379. The number of hydrogen-bond acceptors (Lipinski definition) is 4. The third-order valence-corrected chi connectivity index (χ3v) is 24.6. The van der Waals surface area contributed by atoms with Crippen molar-refractivity contribution in [2.24, 2.45) is 0 Å². The molecule has 567 valence electrons. The van der Waals surface area contributed by atoms with Crippen LogP contribution < -0.4 is 0 Å². The summed E-state index contributed by atoms with van der Waals surface area (Å²) in [6, 6.07) is 3.66. The van der Waals surface area contributed by atoms with Gasteiger partial charge < -0.3 is 34.7 Å². The molecule has 102 heavy (non-hydrogen) atoms. The van der Waals surface area contributed by atoms with E-state index in [2.05, 4.69) is 276 Å². The fourth-order valence-corrected chi connectivity index (χ4v) is 14.6.